The van der Waals surface area contributed by atoms with Crippen LogP contribution >= 0.6 is 11.3 Å². The van der Waals surface area contributed by atoms with Gasteiger partial charge in [-0.25, -0.2) is 4.98 Å². The van der Waals surface area contributed by atoms with Crippen molar-refractivity contribution >= 4 is 22.7 Å². The van der Waals surface area contributed by atoms with E-state index >= 15 is 0 Å². The summed E-state index contributed by atoms with van der Waals surface area (Å²) in [5.74, 6) is 0.836. The molecular weight excluding hydrogens is 390 g/mol. The summed E-state index contributed by atoms with van der Waals surface area (Å²) in [5.41, 5.74) is 9.70. The van der Waals surface area contributed by atoms with Gasteiger partial charge in [0, 0.05) is 10.9 Å². The predicted molar refractivity (Wildman–Crippen MR) is 125 cm³/mol. The molecule has 0 saturated carbocycles. The van der Waals surface area contributed by atoms with Gasteiger partial charge in [-0.05, 0) is 49.2 Å². The zero-order chi connectivity index (χ0) is 20.8. The molecule has 4 aromatic rings. The van der Waals surface area contributed by atoms with Crippen molar-refractivity contribution in [3.8, 4) is 17.0 Å². The van der Waals surface area contributed by atoms with Gasteiger partial charge in [0.25, 0.3) is 0 Å². The van der Waals surface area contributed by atoms with Gasteiger partial charge in [0.2, 0.25) is 5.13 Å². The number of hydrogen-bond acceptors (Lipinski definition) is 5. The lowest BCUT2D eigenvalue weighted by Crippen LogP contribution is -1.95. The Hall–Kier alpha value is -3.44. The summed E-state index contributed by atoms with van der Waals surface area (Å²) in [7, 11) is 0. The van der Waals surface area contributed by atoms with Crippen LogP contribution in [-0.4, -0.2) is 11.2 Å². The minimum Gasteiger partial charge on any atom is -0.489 e. The normalized spacial score (nSPS) is 11.0. The SMILES string of the molecule is Cc1ccc(COc2ccc(/C=N/Nc3nc(-c4ccc(C)cc4)cs3)cc2)cc1. The van der Waals surface area contributed by atoms with Gasteiger partial charge in [0.15, 0.2) is 0 Å². The first-order valence-corrected chi connectivity index (χ1v) is 10.6. The highest BCUT2D eigenvalue weighted by atomic mass is 32.1. The minimum absolute atomic E-state index is 0.558. The molecule has 0 fully saturated rings. The van der Waals surface area contributed by atoms with E-state index in [1.165, 1.54) is 22.5 Å². The van der Waals surface area contributed by atoms with Crippen LogP contribution in [0.4, 0.5) is 5.13 Å². The third-order valence-electron chi connectivity index (χ3n) is 4.63. The van der Waals surface area contributed by atoms with E-state index in [-0.39, 0.29) is 0 Å². The largest absolute Gasteiger partial charge is 0.489 e. The molecule has 0 atom stereocenters. The molecule has 3 aromatic carbocycles. The van der Waals surface area contributed by atoms with Crippen LogP contribution in [0, 0.1) is 13.8 Å². The molecule has 0 bridgehead atoms. The second-order valence-electron chi connectivity index (χ2n) is 7.12. The number of thiazole rings is 1. The van der Waals surface area contributed by atoms with Crippen molar-refractivity contribution in [2.75, 3.05) is 5.43 Å². The number of nitrogens with one attached hydrogen (secondary N) is 1. The summed E-state index contributed by atoms with van der Waals surface area (Å²) in [6.07, 6.45) is 1.77. The van der Waals surface area contributed by atoms with Crippen LogP contribution < -0.4 is 10.2 Å². The molecule has 5 heteroatoms. The molecule has 0 aliphatic carbocycles. The fourth-order valence-electron chi connectivity index (χ4n) is 2.85. The zero-order valence-electron chi connectivity index (χ0n) is 17.0. The molecule has 0 aliphatic rings. The summed E-state index contributed by atoms with van der Waals surface area (Å²) in [4.78, 5) is 4.59. The highest BCUT2D eigenvalue weighted by Gasteiger charge is 2.03. The van der Waals surface area contributed by atoms with Crippen molar-refractivity contribution in [3.05, 3.63) is 100 Å². The smallest absolute Gasteiger partial charge is 0.203 e. The Bertz CT molecular complexity index is 1110. The Kier molecular flexibility index (Phi) is 6.20. The number of aromatic nitrogens is 1. The lowest BCUT2D eigenvalue weighted by Gasteiger charge is -2.06. The van der Waals surface area contributed by atoms with Gasteiger partial charge in [-0.1, -0.05) is 59.7 Å². The van der Waals surface area contributed by atoms with Gasteiger partial charge < -0.3 is 4.74 Å². The van der Waals surface area contributed by atoms with Gasteiger partial charge in [-0.15, -0.1) is 11.3 Å². The van der Waals surface area contributed by atoms with Crippen LogP contribution in [-0.2, 0) is 6.61 Å². The van der Waals surface area contributed by atoms with Crippen LogP contribution in [0.25, 0.3) is 11.3 Å². The predicted octanol–water partition coefficient (Wildman–Crippen LogP) is 6.45. The van der Waals surface area contributed by atoms with Crippen molar-refractivity contribution in [1.29, 1.82) is 0 Å². The molecule has 4 rings (SSSR count). The van der Waals surface area contributed by atoms with E-state index in [0.29, 0.717) is 6.61 Å². The Balaban J connectivity index is 1.30. The number of ether oxygens (including phenoxy) is 1. The molecule has 1 heterocycles. The monoisotopic (exact) mass is 413 g/mol. The van der Waals surface area contributed by atoms with Gasteiger partial charge in [-0.3, -0.25) is 5.43 Å². The first kappa shape index (κ1) is 19.9. The Morgan fingerprint density at radius 1 is 0.900 bits per heavy atom. The van der Waals surface area contributed by atoms with Gasteiger partial charge in [0.1, 0.15) is 12.4 Å². The highest BCUT2D eigenvalue weighted by molar-refractivity contribution is 7.14. The van der Waals surface area contributed by atoms with Crippen molar-refractivity contribution in [3.63, 3.8) is 0 Å². The lowest BCUT2D eigenvalue weighted by molar-refractivity contribution is 0.306. The number of anilines is 1. The number of hydrogen-bond donors (Lipinski definition) is 1. The average Bonchev–Trinajstić information content (AvgIpc) is 3.24. The molecule has 0 saturated heterocycles. The molecule has 1 aromatic heterocycles. The van der Waals surface area contributed by atoms with Crippen molar-refractivity contribution in [2.24, 2.45) is 5.10 Å². The van der Waals surface area contributed by atoms with Crippen LogP contribution in [0.1, 0.15) is 22.3 Å². The Labute approximate surface area is 180 Å². The van der Waals surface area contributed by atoms with Crippen LogP contribution in [0.2, 0.25) is 0 Å². The average molecular weight is 414 g/mol. The number of aryl methyl sites for hydroxylation is 2. The van der Waals surface area contributed by atoms with Crippen molar-refractivity contribution < 1.29 is 4.74 Å². The van der Waals surface area contributed by atoms with E-state index in [1.807, 2.05) is 29.6 Å². The highest BCUT2D eigenvalue weighted by Crippen LogP contribution is 2.25. The topological polar surface area (TPSA) is 46.5 Å². The summed E-state index contributed by atoms with van der Waals surface area (Å²) >= 11 is 1.54. The second kappa shape index (κ2) is 9.37. The molecule has 0 unspecified atom stereocenters. The van der Waals surface area contributed by atoms with Gasteiger partial charge >= 0.3 is 0 Å². The Morgan fingerprint density at radius 3 is 2.27 bits per heavy atom. The van der Waals surface area contributed by atoms with Crippen LogP contribution in [0.5, 0.6) is 5.75 Å². The summed E-state index contributed by atoms with van der Waals surface area (Å²) in [6.45, 7) is 4.72. The molecule has 0 aliphatic heterocycles. The van der Waals surface area contributed by atoms with E-state index in [2.05, 4.69) is 77.9 Å². The van der Waals surface area contributed by atoms with E-state index in [4.69, 9.17) is 4.74 Å². The number of nitrogens with zero attached hydrogens (tertiary/aromatic N) is 2. The molecule has 0 radical (unpaired) electrons. The van der Waals surface area contributed by atoms with E-state index in [9.17, 15) is 0 Å². The first-order chi connectivity index (χ1) is 14.7. The van der Waals surface area contributed by atoms with Crippen LogP contribution in [0.3, 0.4) is 0 Å². The molecular formula is C25H23N3OS. The molecule has 0 spiro atoms. The standard InChI is InChI=1S/C25H23N3OS/c1-18-3-7-21(8-4-18)16-29-23-13-9-20(10-14-23)15-26-28-25-27-24(17-30-25)22-11-5-19(2)6-12-22/h3-15,17H,16H2,1-2H3,(H,27,28)/b26-15+. The van der Waals surface area contributed by atoms with Crippen molar-refractivity contribution in [1.82, 2.24) is 4.98 Å². The Morgan fingerprint density at radius 2 is 1.57 bits per heavy atom. The van der Waals surface area contributed by atoms with Crippen molar-refractivity contribution in [2.45, 2.75) is 20.5 Å². The summed E-state index contributed by atoms with van der Waals surface area (Å²) < 4.78 is 5.84. The maximum atomic E-state index is 5.84. The molecule has 30 heavy (non-hydrogen) atoms. The maximum absolute atomic E-state index is 5.84. The third-order valence-corrected chi connectivity index (χ3v) is 5.38. The lowest BCUT2D eigenvalue weighted by atomic mass is 10.1. The third kappa shape index (κ3) is 5.33. The molecule has 150 valence electrons. The zero-order valence-corrected chi connectivity index (χ0v) is 17.8. The van der Waals surface area contributed by atoms with E-state index in [0.717, 1.165) is 33.3 Å². The molecule has 1 N–H and O–H groups in total. The van der Waals surface area contributed by atoms with Gasteiger partial charge in [0.05, 0.1) is 11.9 Å². The fraction of sp³-hybridized carbons (Fsp3) is 0.120. The fourth-order valence-corrected chi connectivity index (χ4v) is 3.51. The minimum atomic E-state index is 0.558. The number of rotatable bonds is 7. The van der Waals surface area contributed by atoms with Gasteiger partial charge in [-0.2, -0.15) is 5.10 Å². The number of hydrazone groups is 1. The van der Waals surface area contributed by atoms with E-state index < -0.39 is 0 Å². The maximum Gasteiger partial charge on any atom is 0.203 e. The molecule has 0 amide bonds. The van der Waals surface area contributed by atoms with E-state index in [1.54, 1.807) is 6.21 Å². The molecule has 4 nitrogen and oxygen atoms in total. The number of benzene rings is 3. The first-order valence-electron chi connectivity index (χ1n) is 9.76. The summed E-state index contributed by atoms with van der Waals surface area (Å²) in [6, 6.07) is 24.6. The summed E-state index contributed by atoms with van der Waals surface area (Å²) in [5, 5.41) is 7.09. The van der Waals surface area contributed by atoms with Crippen LogP contribution in [0.15, 0.2) is 83.3 Å². The second-order valence-corrected chi connectivity index (χ2v) is 7.98. The quantitative estimate of drug-likeness (QED) is 0.280.